The molecule has 0 radical (unpaired) electrons. The Kier molecular flexibility index (Phi) is 4.42. The first-order valence-corrected chi connectivity index (χ1v) is 11.8. The third kappa shape index (κ3) is 2.75. The summed E-state index contributed by atoms with van der Waals surface area (Å²) in [5.41, 5.74) is 2.22. The van der Waals surface area contributed by atoms with Gasteiger partial charge in [0.15, 0.2) is 0 Å². The van der Waals surface area contributed by atoms with Crippen molar-refractivity contribution in [3.63, 3.8) is 0 Å². The Hall–Kier alpha value is -2.90. The maximum Gasteiger partial charge on any atom is 0.221 e. The van der Waals surface area contributed by atoms with E-state index < -0.39 is 11.6 Å². The summed E-state index contributed by atoms with van der Waals surface area (Å²) >= 11 is 0. The minimum absolute atomic E-state index is 0.0125. The Morgan fingerprint density at radius 3 is 2.64 bits per heavy atom. The summed E-state index contributed by atoms with van der Waals surface area (Å²) in [5.74, 6) is 1.06. The number of H-pyrrole nitrogens is 1. The lowest BCUT2D eigenvalue weighted by Gasteiger charge is -2.48. The van der Waals surface area contributed by atoms with Crippen molar-refractivity contribution in [2.45, 2.75) is 57.8 Å². The van der Waals surface area contributed by atoms with E-state index in [1.54, 1.807) is 0 Å². The molecule has 3 atom stereocenters. The van der Waals surface area contributed by atoms with Crippen LogP contribution in [-0.2, 0) is 5.41 Å². The molecule has 33 heavy (non-hydrogen) atoms. The molecule has 172 valence electrons. The second-order valence-corrected chi connectivity index (χ2v) is 10.4. The first-order valence-electron chi connectivity index (χ1n) is 11.8. The van der Waals surface area contributed by atoms with Gasteiger partial charge in [-0.05, 0) is 73.6 Å². The maximum absolute atomic E-state index is 14.5. The van der Waals surface area contributed by atoms with Gasteiger partial charge in [0.1, 0.15) is 17.5 Å². The van der Waals surface area contributed by atoms with E-state index >= 15 is 0 Å². The van der Waals surface area contributed by atoms with Gasteiger partial charge in [-0.3, -0.25) is 0 Å². The average Bonchev–Trinajstić information content (AvgIpc) is 3.40. The van der Waals surface area contributed by atoms with Gasteiger partial charge in [-0.1, -0.05) is 19.9 Å². The summed E-state index contributed by atoms with van der Waals surface area (Å²) in [5, 5.41) is 16.4. The lowest BCUT2D eigenvalue weighted by atomic mass is 9.59. The zero-order valence-corrected chi connectivity index (χ0v) is 19.2. The van der Waals surface area contributed by atoms with Crippen molar-refractivity contribution in [3.8, 4) is 11.3 Å². The smallest absolute Gasteiger partial charge is 0.221 e. The molecule has 0 amide bonds. The molecule has 1 aliphatic heterocycles. The predicted octanol–water partition coefficient (Wildman–Crippen LogP) is 4.92. The van der Waals surface area contributed by atoms with Crippen LogP contribution < -0.4 is 4.90 Å². The van der Waals surface area contributed by atoms with Gasteiger partial charge in [-0.15, -0.1) is 0 Å². The summed E-state index contributed by atoms with van der Waals surface area (Å²) in [7, 11) is 0. The minimum Gasteiger partial charge on any atom is -0.341 e. The van der Waals surface area contributed by atoms with Crippen molar-refractivity contribution in [2.24, 2.45) is 11.3 Å². The standard InChI is InChI=1S/C25H28F2N6/c1-14-28-23(32-29-14)33-11-5-6-15(13-33)25-10-9-17(24(25,2)3)16-12-20(30-31-22(16)25)21-18(26)7-4-8-19(21)27/h4,7-8,12,15,17H,5-6,9-11,13H2,1-3H3,(H,28,29,32). The molecule has 2 bridgehead atoms. The van der Waals surface area contributed by atoms with Crippen LogP contribution in [0, 0.1) is 29.9 Å². The van der Waals surface area contributed by atoms with Crippen LogP contribution in [0.5, 0.6) is 0 Å². The van der Waals surface area contributed by atoms with Crippen molar-refractivity contribution in [1.29, 1.82) is 0 Å². The van der Waals surface area contributed by atoms with Crippen LogP contribution in [0.2, 0.25) is 0 Å². The van der Waals surface area contributed by atoms with E-state index in [0.717, 1.165) is 61.8 Å². The van der Waals surface area contributed by atoms with Gasteiger partial charge in [-0.2, -0.15) is 20.3 Å². The number of piperidine rings is 1. The van der Waals surface area contributed by atoms with Crippen LogP contribution >= 0.6 is 0 Å². The number of benzene rings is 1. The van der Waals surface area contributed by atoms with Gasteiger partial charge in [-0.25, -0.2) is 13.9 Å². The molecule has 2 aliphatic carbocycles. The molecule has 8 heteroatoms. The highest BCUT2D eigenvalue weighted by molar-refractivity contribution is 5.63. The summed E-state index contributed by atoms with van der Waals surface area (Å²) in [6.45, 7) is 8.41. The SMILES string of the molecule is Cc1n[nH]c(N2CCCC(C34CCC(c5cc(-c6c(F)cccc6F)nnc53)C4(C)C)C2)n1. The van der Waals surface area contributed by atoms with Gasteiger partial charge < -0.3 is 4.90 Å². The Morgan fingerprint density at radius 2 is 1.91 bits per heavy atom. The number of halogens is 2. The van der Waals surface area contributed by atoms with Crippen LogP contribution in [0.25, 0.3) is 11.3 Å². The van der Waals surface area contributed by atoms with Gasteiger partial charge in [0.05, 0.1) is 17.0 Å². The highest BCUT2D eigenvalue weighted by atomic mass is 19.1. The number of aromatic amines is 1. The van der Waals surface area contributed by atoms with E-state index in [2.05, 4.69) is 39.0 Å². The number of hydrogen-bond acceptors (Lipinski definition) is 5. The number of rotatable bonds is 3. The highest BCUT2D eigenvalue weighted by Gasteiger charge is 2.66. The van der Waals surface area contributed by atoms with E-state index in [1.807, 2.05) is 13.0 Å². The fraction of sp³-hybridized carbons (Fsp3) is 0.520. The number of aromatic nitrogens is 5. The van der Waals surface area contributed by atoms with Crippen molar-refractivity contribution >= 4 is 5.95 Å². The Morgan fingerprint density at radius 1 is 1.12 bits per heavy atom. The molecule has 2 aromatic heterocycles. The molecule has 3 aliphatic rings. The molecule has 1 aromatic carbocycles. The van der Waals surface area contributed by atoms with E-state index in [0.29, 0.717) is 11.8 Å². The zero-order valence-electron chi connectivity index (χ0n) is 19.2. The van der Waals surface area contributed by atoms with E-state index in [1.165, 1.54) is 18.2 Å². The number of nitrogens with zero attached hydrogens (tertiary/aromatic N) is 5. The third-order valence-corrected chi connectivity index (χ3v) is 8.69. The quantitative estimate of drug-likeness (QED) is 0.613. The van der Waals surface area contributed by atoms with Crippen LogP contribution in [0.1, 0.15) is 62.5 Å². The lowest BCUT2D eigenvalue weighted by molar-refractivity contribution is 0.112. The van der Waals surface area contributed by atoms with E-state index in [-0.39, 0.29) is 22.1 Å². The summed E-state index contributed by atoms with van der Waals surface area (Å²) in [6.07, 6.45) is 4.31. The Labute approximate surface area is 191 Å². The van der Waals surface area contributed by atoms with E-state index in [4.69, 9.17) is 5.10 Å². The van der Waals surface area contributed by atoms with Gasteiger partial charge >= 0.3 is 0 Å². The van der Waals surface area contributed by atoms with Crippen LogP contribution in [0.4, 0.5) is 14.7 Å². The van der Waals surface area contributed by atoms with Crippen LogP contribution in [0.3, 0.4) is 0 Å². The van der Waals surface area contributed by atoms with Gasteiger partial charge in [0.25, 0.3) is 0 Å². The largest absolute Gasteiger partial charge is 0.341 e. The third-order valence-electron chi connectivity index (χ3n) is 8.69. The van der Waals surface area contributed by atoms with E-state index in [9.17, 15) is 8.78 Å². The molecule has 6 rings (SSSR count). The highest BCUT2D eigenvalue weighted by Crippen LogP contribution is 2.70. The van der Waals surface area contributed by atoms with Crippen LogP contribution in [-0.4, -0.2) is 38.5 Å². The van der Waals surface area contributed by atoms with Crippen molar-refractivity contribution < 1.29 is 8.78 Å². The van der Waals surface area contributed by atoms with Gasteiger partial charge in [0.2, 0.25) is 5.95 Å². The average molecular weight is 451 g/mol. The number of aryl methyl sites for hydroxylation is 1. The fourth-order valence-corrected chi connectivity index (χ4v) is 7.19. The number of hydrogen-bond donors (Lipinski definition) is 1. The van der Waals surface area contributed by atoms with Crippen LogP contribution in [0.15, 0.2) is 24.3 Å². The molecule has 2 fully saturated rings. The molecule has 1 saturated heterocycles. The summed E-state index contributed by atoms with van der Waals surface area (Å²) < 4.78 is 28.9. The second kappa shape index (κ2) is 7.05. The maximum atomic E-state index is 14.5. The number of anilines is 1. The first-order chi connectivity index (χ1) is 15.8. The molecule has 3 aromatic rings. The Bertz CT molecular complexity index is 1220. The zero-order chi connectivity index (χ0) is 23.0. The van der Waals surface area contributed by atoms with Crippen molar-refractivity contribution in [1.82, 2.24) is 25.4 Å². The molecule has 3 heterocycles. The molecule has 6 nitrogen and oxygen atoms in total. The topological polar surface area (TPSA) is 70.6 Å². The first kappa shape index (κ1) is 20.7. The normalized spacial score (nSPS) is 27.7. The molecule has 0 spiro atoms. The molecule has 1 saturated carbocycles. The molecule has 3 unspecified atom stereocenters. The fourth-order valence-electron chi connectivity index (χ4n) is 7.19. The van der Waals surface area contributed by atoms with Gasteiger partial charge in [0, 0.05) is 18.5 Å². The molecular weight excluding hydrogens is 422 g/mol. The Balaban J connectivity index is 1.42. The lowest BCUT2D eigenvalue weighted by Crippen LogP contribution is -2.50. The molecular formula is C25H28F2N6. The minimum atomic E-state index is -0.605. The number of nitrogens with one attached hydrogen (secondary N) is 1. The predicted molar refractivity (Wildman–Crippen MR) is 121 cm³/mol. The van der Waals surface area contributed by atoms with Crippen molar-refractivity contribution in [2.75, 3.05) is 18.0 Å². The monoisotopic (exact) mass is 450 g/mol. The summed E-state index contributed by atoms with van der Waals surface area (Å²) in [4.78, 5) is 6.86. The number of fused-ring (bicyclic) bond motifs is 5. The van der Waals surface area contributed by atoms with Crippen molar-refractivity contribution in [3.05, 3.63) is 53.0 Å². The molecule has 1 N–H and O–H groups in total. The second-order valence-electron chi connectivity index (χ2n) is 10.4. The summed E-state index contributed by atoms with van der Waals surface area (Å²) in [6, 6.07) is 5.82.